The van der Waals surface area contributed by atoms with Gasteiger partial charge in [-0.05, 0) is 40.5 Å². The van der Waals surface area contributed by atoms with Gasteiger partial charge in [0.1, 0.15) is 11.7 Å². The Bertz CT molecular complexity index is 720. The molecule has 1 aliphatic heterocycles. The van der Waals surface area contributed by atoms with Gasteiger partial charge in [0.15, 0.2) is 5.78 Å². The van der Waals surface area contributed by atoms with E-state index >= 15 is 0 Å². The molecule has 1 unspecified atom stereocenters. The number of methoxy groups -OCH3 is 1. The third-order valence-corrected chi connectivity index (χ3v) is 4.16. The Morgan fingerprint density at radius 2 is 2.12 bits per heavy atom. The number of hydrogen-bond donors (Lipinski definition) is 2. The number of rotatable bonds is 6. The number of Topliss-reactive ketones (excluding diaryl/α,β-unsaturated/α-hetero) is 1. The fourth-order valence-electron chi connectivity index (χ4n) is 2.82. The van der Waals surface area contributed by atoms with Gasteiger partial charge in [0.05, 0.1) is 12.3 Å². The summed E-state index contributed by atoms with van der Waals surface area (Å²) < 4.78 is 5.18. The van der Waals surface area contributed by atoms with Gasteiger partial charge in [-0.2, -0.15) is 0 Å². The number of nitrogens with one attached hydrogen (secondary N) is 1. The van der Waals surface area contributed by atoms with Crippen LogP contribution >= 0.6 is 0 Å². The molecule has 6 heteroatoms. The fraction of sp³-hybridized carbons (Fsp3) is 0.500. The Balaban J connectivity index is 3.18. The molecule has 1 rings (SSSR count). The summed E-state index contributed by atoms with van der Waals surface area (Å²) >= 11 is 0. The molecule has 1 amide bonds. The van der Waals surface area contributed by atoms with E-state index in [1.165, 1.54) is 0 Å². The quantitative estimate of drug-likeness (QED) is 0.428. The number of hydrogen-bond acceptors (Lipinski definition) is 5. The highest BCUT2D eigenvalue weighted by atomic mass is 16.5. The van der Waals surface area contributed by atoms with Gasteiger partial charge in [0.25, 0.3) is 5.91 Å². The van der Waals surface area contributed by atoms with Crippen molar-refractivity contribution in [3.05, 3.63) is 35.2 Å². The standard InChI is InChI=1S/C20H29N3O3/c1-8-15(10-11-20(5,6)12-26-7)22-19-13(3)17(24)16(18(21)25)14(4)23(19)9-2/h8,19,22H,3,9,12H2,1-2,4-7H3,(H2,21,25)/b15-8-. The average Bonchev–Trinajstić information content (AvgIpc) is 2.55. The molecule has 3 N–H and O–H groups in total. The lowest BCUT2D eigenvalue weighted by atomic mass is 9.93. The lowest BCUT2D eigenvalue weighted by Crippen LogP contribution is -2.51. The first-order valence-electron chi connectivity index (χ1n) is 8.55. The van der Waals surface area contributed by atoms with E-state index in [1.54, 1.807) is 14.0 Å². The molecular formula is C20H29N3O3. The maximum atomic E-state index is 12.5. The first-order chi connectivity index (χ1) is 12.1. The zero-order valence-electron chi connectivity index (χ0n) is 16.5. The Hall–Kier alpha value is -2.52. The van der Waals surface area contributed by atoms with Crippen LogP contribution in [0.2, 0.25) is 0 Å². The number of ketones is 1. The fourth-order valence-corrected chi connectivity index (χ4v) is 2.82. The number of nitrogens with two attached hydrogens (primary N) is 1. The van der Waals surface area contributed by atoms with Crippen LogP contribution in [0.1, 0.15) is 34.6 Å². The van der Waals surface area contributed by atoms with Crippen molar-refractivity contribution in [1.82, 2.24) is 10.2 Å². The third-order valence-electron chi connectivity index (χ3n) is 4.16. The number of ether oxygens (including phenoxy) is 1. The van der Waals surface area contributed by atoms with Crippen molar-refractivity contribution in [2.45, 2.75) is 40.8 Å². The average molecular weight is 359 g/mol. The van der Waals surface area contributed by atoms with E-state index < -0.39 is 17.9 Å². The summed E-state index contributed by atoms with van der Waals surface area (Å²) in [5.74, 6) is 5.11. The molecular weight excluding hydrogens is 330 g/mol. The van der Waals surface area contributed by atoms with E-state index in [4.69, 9.17) is 10.5 Å². The molecule has 26 heavy (non-hydrogen) atoms. The summed E-state index contributed by atoms with van der Waals surface area (Å²) in [6.07, 6.45) is 1.35. The van der Waals surface area contributed by atoms with E-state index in [0.717, 1.165) is 0 Å². The Kier molecular flexibility index (Phi) is 7.22. The minimum atomic E-state index is -0.738. The van der Waals surface area contributed by atoms with Gasteiger partial charge in [-0.1, -0.05) is 18.6 Å². The second-order valence-electron chi connectivity index (χ2n) is 6.78. The van der Waals surface area contributed by atoms with Crippen molar-refractivity contribution < 1.29 is 14.3 Å². The van der Waals surface area contributed by atoms with E-state index in [-0.39, 0.29) is 16.6 Å². The van der Waals surface area contributed by atoms with Crippen LogP contribution in [0, 0.1) is 17.3 Å². The lowest BCUT2D eigenvalue weighted by Gasteiger charge is -2.39. The van der Waals surface area contributed by atoms with Crippen LogP contribution in [-0.2, 0) is 14.3 Å². The smallest absolute Gasteiger partial charge is 0.254 e. The number of amides is 1. The number of likely N-dealkylation sites (N-methyl/N-ethyl adjacent to an activating group) is 1. The van der Waals surface area contributed by atoms with Gasteiger partial charge >= 0.3 is 0 Å². The summed E-state index contributed by atoms with van der Waals surface area (Å²) in [5.41, 5.74) is 6.54. The predicted octanol–water partition coefficient (Wildman–Crippen LogP) is 1.70. The summed E-state index contributed by atoms with van der Waals surface area (Å²) in [7, 11) is 1.64. The van der Waals surface area contributed by atoms with Crippen LogP contribution in [0.3, 0.4) is 0 Å². The number of allylic oxidation sites excluding steroid dienone is 3. The zero-order chi connectivity index (χ0) is 20.1. The first-order valence-corrected chi connectivity index (χ1v) is 8.55. The number of nitrogens with zero attached hydrogens (tertiary/aromatic N) is 1. The van der Waals surface area contributed by atoms with Gasteiger partial charge in [0.2, 0.25) is 0 Å². The highest BCUT2D eigenvalue weighted by Crippen LogP contribution is 2.26. The Labute approximate surface area is 156 Å². The van der Waals surface area contributed by atoms with E-state index in [9.17, 15) is 9.59 Å². The van der Waals surface area contributed by atoms with Gasteiger partial charge in [-0.25, -0.2) is 0 Å². The molecule has 0 aromatic rings. The Morgan fingerprint density at radius 3 is 2.58 bits per heavy atom. The minimum Gasteiger partial charge on any atom is -0.383 e. The SMILES string of the molecule is C=C1C(=O)C(C(N)=O)=C(C)N(CC)C1N/C(C#CC(C)(C)COC)=C\C. The van der Waals surface area contributed by atoms with Gasteiger partial charge in [-0.15, -0.1) is 0 Å². The minimum absolute atomic E-state index is 0.00996. The zero-order valence-corrected chi connectivity index (χ0v) is 16.5. The topological polar surface area (TPSA) is 84.7 Å². The van der Waals surface area contributed by atoms with Crippen LogP contribution in [0.25, 0.3) is 0 Å². The molecule has 0 spiro atoms. The van der Waals surface area contributed by atoms with Gasteiger partial charge < -0.3 is 20.7 Å². The second-order valence-corrected chi connectivity index (χ2v) is 6.78. The summed E-state index contributed by atoms with van der Waals surface area (Å²) in [4.78, 5) is 26.1. The monoisotopic (exact) mass is 359 g/mol. The van der Waals surface area contributed by atoms with Crippen LogP contribution in [0.4, 0.5) is 0 Å². The van der Waals surface area contributed by atoms with Gasteiger partial charge in [0, 0.05) is 30.3 Å². The van der Waals surface area contributed by atoms with Gasteiger partial charge in [-0.3, -0.25) is 9.59 Å². The van der Waals surface area contributed by atoms with Crippen molar-refractivity contribution in [3.63, 3.8) is 0 Å². The summed E-state index contributed by atoms with van der Waals surface area (Å²) in [6, 6.07) is 0. The van der Waals surface area contributed by atoms with Crippen LogP contribution in [0.15, 0.2) is 35.2 Å². The molecule has 0 bridgehead atoms. The molecule has 0 aromatic carbocycles. The molecule has 1 atom stereocenters. The van der Waals surface area contributed by atoms with Crippen LogP contribution in [-0.4, -0.2) is 43.0 Å². The van der Waals surface area contributed by atoms with Crippen LogP contribution in [0.5, 0.6) is 0 Å². The van der Waals surface area contributed by atoms with Crippen LogP contribution < -0.4 is 11.1 Å². The number of carbonyl (C=O) groups excluding carboxylic acids is 2. The van der Waals surface area contributed by atoms with E-state index in [2.05, 4.69) is 23.7 Å². The van der Waals surface area contributed by atoms with Crippen molar-refractivity contribution in [2.75, 3.05) is 20.3 Å². The molecule has 0 aliphatic carbocycles. The van der Waals surface area contributed by atoms with Crippen molar-refractivity contribution in [2.24, 2.45) is 11.1 Å². The molecule has 1 aliphatic rings. The van der Waals surface area contributed by atoms with Crippen molar-refractivity contribution in [3.8, 4) is 11.8 Å². The second kappa shape index (κ2) is 8.72. The molecule has 0 saturated carbocycles. The van der Waals surface area contributed by atoms with Crippen molar-refractivity contribution in [1.29, 1.82) is 0 Å². The van der Waals surface area contributed by atoms with E-state index in [0.29, 0.717) is 24.5 Å². The highest BCUT2D eigenvalue weighted by Gasteiger charge is 2.36. The highest BCUT2D eigenvalue weighted by molar-refractivity contribution is 6.26. The van der Waals surface area contributed by atoms with Crippen molar-refractivity contribution >= 4 is 11.7 Å². The van der Waals surface area contributed by atoms with E-state index in [1.807, 2.05) is 38.7 Å². The molecule has 0 aromatic heterocycles. The normalized spacial score (nSPS) is 18.6. The molecule has 142 valence electrons. The molecule has 6 nitrogen and oxygen atoms in total. The maximum absolute atomic E-state index is 12.5. The molecule has 1 heterocycles. The first kappa shape index (κ1) is 21.5. The molecule has 0 fully saturated rings. The molecule has 0 radical (unpaired) electrons. The summed E-state index contributed by atoms with van der Waals surface area (Å²) in [6.45, 7) is 14.5. The third kappa shape index (κ3) is 4.77. The maximum Gasteiger partial charge on any atom is 0.254 e. The number of primary amides is 1. The lowest BCUT2D eigenvalue weighted by molar-refractivity contribution is -0.120. The Morgan fingerprint density at radius 1 is 1.50 bits per heavy atom. The predicted molar refractivity (Wildman–Crippen MR) is 103 cm³/mol. The summed E-state index contributed by atoms with van der Waals surface area (Å²) in [5, 5.41) is 3.26. The molecule has 0 saturated heterocycles. The largest absolute Gasteiger partial charge is 0.383 e. The number of carbonyl (C=O) groups is 2.